The highest BCUT2D eigenvalue weighted by Crippen LogP contribution is 2.31. The smallest absolute Gasteiger partial charge is 0.264 e. The number of amides is 1. The molecular formula is C24H27N3O4S. The zero-order valence-electron chi connectivity index (χ0n) is 18.2. The predicted octanol–water partition coefficient (Wildman–Crippen LogP) is 3.45. The van der Waals surface area contributed by atoms with Crippen molar-refractivity contribution in [3.63, 3.8) is 0 Å². The Hall–Kier alpha value is -3.10. The number of likely N-dealkylation sites (N-methyl/N-ethyl adjacent to an activating group) is 1. The predicted molar refractivity (Wildman–Crippen MR) is 123 cm³/mol. The second-order valence-corrected chi connectivity index (χ2v) is 9.90. The van der Waals surface area contributed by atoms with Crippen molar-refractivity contribution in [1.82, 2.24) is 10.2 Å². The lowest BCUT2D eigenvalue weighted by Gasteiger charge is -2.30. The number of aryl methyl sites for hydroxylation is 1. The molecule has 7 nitrogen and oxygen atoms in total. The van der Waals surface area contributed by atoms with Crippen molar-refractivity contribution in [2.75, 3.05) is 31.5 Å². The van der Waals surface area contributed by atoms with Gasteiger partial charge in [-0.25, -0.2) is 8.42 Å². The number of nitrogens with zero attached hydrogens (tertiary/aromatic N) is 2. The van der Waals surface area contributed by atoms with Gasteiger partial charge in [0, 0.05) is 18.7 Å². The van der Waals surface area contributed by atoms with Crippen LogP contribution in [0, 0.1) is 0 Å². The van der Waals surface area contributed by atoms with Gasteiger partial charge >= 0.3 is 0 Å². The van der Waals surface area contributed by atoms with Crippen molar-refractivity contribution in [2.24, 2.45) is 0 Å². The van der Waals surface area contributed by atoms with Crippen LogP contribution in [0.15, 0.2) is 76.2 Å². The Kier molecular flexibility index (Phi) is 6.34. The fourth-order valence-electron chi connectivity index (χ4n) is 3.96. The van der Waals surface area contributed by atoms with E-state index in [0.717, 1.165) is 29.9 Å². The summed E-state index contributed by atoms with van der Waals surface area (Å²) in [6.07, 6.45) is 3.25. The number of fused-ring (bicyclic) bond motifs is 1. The summed E-state index contributed by atoms with van der Waals surface area (Å²) in [6, 6.07) is 17.3. The summed E-state index contributed by atoms with van der Waals surface area (Å²) in [4.78, 5) is 14.8. The Morgan fingerprint density at radius 1 is 1.09 bits per heavy atom. The molecule has 1 amide bonds. The Bertz CT molecular complexity index is 1170. The first-order chi connectivity index (χ1) is 15.4. The second kappa shape index (κ2) is 9.18. The van der Waals surface area contributed by atoms with Gasteiger partial charge in [0.15, 0.2) is 0 Å². The van der Waals surface area contributed by atoms with Gasteiger partial charge in [0.05, 0.1) is 22.9 Å². The molecule has 3 aromatic rings. The SMILES string of the molecule is CN(C)C(CNC(=O)c1ccc(S(=O)(=O)N2CCCc3ccccc32)cc1)c1ccco1. The zero-order valence-corrected chi connectivity index (χ0v) is 19.0. The highest BCUT2D eigenvalue weighted by atomic mass is 32.2. The van der Waals surface area contributed by atoms with Crippen molar-refractivity contribution in [3.05, 3.63) is 83.8 Å². The van der Waals surface area contributed by atoms with Gasteiger partial charge in [-0.1, -0.05) is 18.2 Å². The third-order valence-electron chi connectivity index (χ3n) is 5.72. The van der Waals surface area contributed by atoms with E-state index in [1.165, 1.54) is 16.4 Å². The van der Waals surface area contributed by atoms with E-state index in [1.54, 1.807) is 18.4 Å². The monoisotopic (exact) mass is 453 g/mol. The van der Waals surface area contributed by atoms with Crippen LogP contribution in [0.25, 0.3) is 0 Å². The minimum absolute atomic E-state index is 0.104. The maximum Gasteiger partial charge on any atom is 0.264 e. The summed E-state index contributed by atoms with van der Waals surface area (Å²) in [5.74, 6) is 0.495. The van der Waals surface area contributed by atoms with E-state index < -0.39 is 10.0 Å². The average Bonchev–Trinajstić information content (AvgIpc) is 3.33. The highest BCUT2D eigenvalue weighted by Gasteiger charge is 2.29. The van der Waals surface area contributed by atoms with E-state index in [-0.39, 0.29) is 16.8 Å². The summed E-state index contributed by atoms with van der Waals surface area (Å²) in [5.41, 5.74) is 2.17. The first-order valence-corrected chi connectivity index (χ1v) is 12.0. The summed E-state index contributed by atoms with van der Waals surface area (Å²) < 4.78 is 33.5. The third kappa shape index (κ3) is 4.42. The summed E-state index contributed by atoms with van der Waals surface area (Å²) in [6.45, 7) is 0.810. The van der Waals surface area contributed by atoms with Crippen LogP contribution in [0.4, 0.5) is 5.69 Å². The number of carbonyl (C=O) groups excluding carboxylic acids is 1. The number of para-hydroxylation sites is 1. The molecule has 0 bridgehead atoms. The molecular weight excluding hydrogens is 426 g/mol. The molecule has 1 atom stereocenters. The van der Waals surface area contributed by atoms with Crippen LogP contribution in [-0.4, -0.2) is 46.4 Å². The minimum Gasteiger partial charge on any atom is -0.468 e. The molecule has 1 N–H and O–H groups in total. The molecule has 0 spiro atoms. The number of carbonyl (C=O) groups is 1. The fourth-order valence-corrected chi connectivity index (χ4v) is 5.51. The van der Waals surface area contributed by atoms with Crippen LogP contribution in [-0.2, 0) is 16.4 Å². The fraction of sp³-hybridized carbons (Fsp3) is 0.292. The number of furan rings is 1. The molecule has 1 unspecified atom stereocenters. The van der Waals surface area contributed by atoms with E-state index in [2.05, 4.69) is 5.32 Å². The van der Waals surface area contributed by atoms with Crippen LogP contribution in [0.2, 0.25) is 0 Å². The van der Waals surface area contributed by atoms with Gasteiger partial charge in [0.2, 0.25) is 0 Å². The average molecular weight is 454 g/mol. The number of benzene rings is 2. The van der Waals surface area contributed by atoms with Gasteiger partial charge in [-0.3, -0.25) is 14.0 Å². The van der Waals surface area contributed by atoms with Crippen molar-refractivity contribution in [2.45, 2.75) is 23.8 Å². The number of nitrogens with one attached hydrogen (secondary N) is 1. The molecule has 0 aliphatic carbocycles. The standard InChI is InChI=1S/C24H27N3O4S/c1-26(2)22(23-10-6-16-31-23)17-25-24(28)19-11-13-20(14-12-19)32(29,30)27-15-5-8-18-7-3-4-9-21(18)27/h3-4,6-7,9-14,16,22H,5,8,15,17H2,1-2H3,(H,25,28). The van der Waals surface area contributed by atoms with Crippen LogP contribution < -0.4 is 9.62 Å². The van der Waals surface area contributed by atoms with Gasteiger partial charge in [-0.15, -0.1) is 0 Å². The van der Waals surface area contributed by atoms with Gasteiger partial charge in [0.1, 0.15) is 5.76 Å². The van der Waals surface area contributed by atoms with Gasteiger partial charge in [-0.05, 0) is 75.0 Å². The van der Waals surface area contributed by atoms with E-state index in [0.29, 0.717) is 18.7 Å². The molecule has 168 valence electrons. The van der Waals surface area contributed by atoms with Crippen molar-refractivity contribution in [1.29, 1.82) is 0 Å². The second-order valence-electron chi connectivity index (χ2n) is 8.04. The van der Waals surface area contributed by atoms with Crippen molar-refractivity contribution < 1.29 is 17.6 Å². The lowest BCUT2D eigenvalue weighted by Crippen LogP contribution is -2.35. The van der Waals surface area contributed by atoms with Crippen LogP contribution in [0.5, 0.6) is 0 Å². The topological polar surface area (TPSA) is 82.9 Å². The van der Waals surface area contributed by atoms with Gasteiger partial charge in [0.25, 0.3) is 15.9 Å². The summed E-state index contributed by atoms with van der Waals surface area (Å²) in [7, 11) is 0.127. The van der Waals surface area contributed by atoms with E-state index in [4.69, 9.17) is 4.42 Å². The van der Waals surface area contributed by atoms with Crippen LogP contribution in [0.1, 0.15) is 34.1 Å². The Balaban J connectivity index is 1.48. The molecule has 0 fully saturated rings. The summed E-state index contributed by atoms with van der Waals surface area (Å²) >= 11 is 0. The first kappa shape index (κ1) is 22.1. The van der Waals surface area contributed by atoms with Crippen molar-refractivity contribution >= 4 is 21.6 Å². The Labute approximate surface area is 188 Å². The Morgan fingerprint density at radius 2 is 1.84 bits per heavy atom. The first-order valence-electron chi connectivity index (χ1n) is 10.6. The van der Waals surface area contributed by atoms with Gasteiger partial charge in [-0.2, -0.15) is 0 Å². The lowest BCUT2D eigenvalue weighted by molar-refractivity contribution is 0.0939. The minimum atomic E-state index is -3.70. The normalized spacial score (nSPS) is 14.8. The van der Waals surface area contributed by atoms with E-state index in [1.807, 2.05) is 55.4 Å². The quantitative estimate of drug-likeness (QED) is 0.593. The van der Waals surface area contributed by atoms with E-state index >= 15 is 0 Å². The number of rotatable bonds is 7. The molecule has 4 rings (SSSR count). The van der Waals surface area contributed by atoms with Gasteiger partial charge < -0.3 is 9.73 Å². The number of anilines is 1. The molecule has 1 aromatic heterocycles. The molecule has 32 heavy (non-hydrogen) atoms. The molecule has 2 aromatic carbocycles. The zero-order chi connectivity index (χ0) is 22.7. The highest BCUT2D eigenvalue weighted by molar-refractivity contribution is 7.92. The van der Waals surface area contributed by atoms with Crippen molar-refractivity contribution in [3.8, 4) is 0 Å². The lowest BCUT2D eigenvalue weighted by atomic mass is 10.0. The number of sulfonamides is 1. The molecule has 2 heterocycles. The number of hydrogen-bond acceptors (Lipinski definition) is 5. The van der Waals surface area contributed by atoms with Crippen LogP contribution in [0.3, 0.4) is 0 Å². The molecule has 1 aliphatic rings. The number of hydrogen-bond donors (Lipinski definition) is 1. The molecule has 0 radical (unpaired) electrons. The van der Waals surface area contributed by atoms with Crippen LogP contribution >= 0.6 is 0 Å². The molecule has 0 saturated carbocycles. The Morgan fingerprint density at radius 3 is 2.53 bits per heavy atom. The maximum atomic E-state index is 13.3. The van der Waals surface area contributed by atoms with E-state index in [9.17, 15) is 13.2 Å². The largest absolute Gasteiger partial charge is 0.468 e. The molecule has 8 heteroatoms. The maximum absolute atomic E-state index is 13.3. The molecule has 0 saturated heterocycles. The third-order valence-corrected chi connectivity index (χ3v) is 7.55. The summed E-state index contributed by atoms with van der Waals surface area (Å²) in [5, 5.41) is 2.90. The molecule has 1 aliphatic heterocycles.